The van der Waals surface area contributed by atoms with Gasteiger partial charge in [-0.2, -0.15) is 4.98 Å². The van der Waals surface area contributed by atoms with Crippen LogP contribution in [0.4, 0.5) is 0 Å². The molecule has 0 saturated heterocycles. The number of hydrogen-bond acceptors (Lipinski definition) is 5. The molecule has 9 heavy (non-hydrogen) atoms. The lowest BCUT2D eigenvalue weighted by atomic mass is 10.3. The molecule has 0 unspecified atom stereocenters. The fraction of sp³-hybridized carbons (Fsp3) is 0. The van der Waals surface area contributed by atoms with Crippen LogP contribution in [0.25, 0.3) is 0 Å². The molecule has 3 N–H and O–H groups in total. The Morgan fingerprint density at radius 3 is 2.89 bits per heavy atom. The van der Waals surface area contributed by atoms with Crippen LogP contribution in [0.15, 0.2) is 6.33 Å². The predicted molar refractivity (Wildman–Crippen MR) is 27.2 cm³/mol. The smallest absolute Gasteiger partial charge is 0.482 e. The third-order valence-electron chi connectivity index (χ3n) is 0.604. The monoisotopic (exact) mass is 129 g/mol. The summed E-state index contributed by atoms with van der Waals surface area (Å²) in [6.07, 6.45) is 1.26. The summed E-state index contributed by atoms with van der Waals surface area (Å²) in [6.45, 7) is 0. The summed E-state index contributed by atoms with van der Waals surface area (Å²) in [7, 11) is -1.86. The fourth-order valence-corrected chi connectivity index (χ4v) is 0.348. The van der Waals surface area contributed by atoms with E-state index in [0.29, 0.717) is 0 Å². The molecule has 0 aliphatic heterocycles. The summed E-state index contributed by atoms with van der Waals surface area (Å²) in [5, 5.41) is 22.0. The van der Waals surface area contributed by atoms with Crippen LogP contribution in [0.3, 0.4) is 0 Å². The van der Waals surface area contributed by atoms with E-state index in [2.05, 4.69) is 19.8 Å². The normalized spacial score (nSPS) is 9.11. The summed E-state index contributed by atoms with van der Waals surface area (Å²) in [5.74, 6) is 0. The second-order valence-electron chi connectivity index (χ2n) is 1.23. The molecule has 0 spiro atoms. The van der Waals surface area contributed by atoms with Crippen molar-refractivity contribution in [1.82, 2.24) is 15.2 Å². The molecule has 0 atom stereocenters. The minimum absolute atomic E-state index is 0.0926. The summed E-state index contributed by atoms with van der Waals surface area (Å²) >= 11 is 0. The van der Waals surface area contributed by atoms with Gasteiger partial charge in [-0.15, -0.1) is 5.10 Å². The maximum absolute atomic E-state index is 8.16. The highest BCUT2D eigenvalue weighted by Crippen LogP contribution is 1.94. The molecule has 6 nitrogen and oxygen atoms in total. The molecule has 0 saturated carbocycles. The van der Waals surface area contributed by atoms with Crippen molar-refractivity contribution in [1.29, 1.82) is 0 Å². The molecular weight excluding hydrogens is 125 g/mol. The van der Waals surface area contributed by atoms with Crippen molar-refractivity contribution < 1.29 is 14.7 Å². The van der Waals surface area contributed by atoms with Crippen molar-refractivity contribution in [2.24, 2.45) is 0 Å². The van der Waals surface area contributed by atoms with Gasteiger partial charge >= 0.3 is 13.3 Å². The van der Waals surface area contributed by atoms with E-state index in [4.69, 9.17) is 10.0 Å². The van der Waals surface area contributed by atoms with Crippen LogP contribution in [-0.4, -0.2) is 32.6 Å². The SMILES string of the molecule is OB(O)Oc1nc[nH]n1. The second-order valence-corrected chi connectivity index (χ2v) is 1.23. The van der Waals surface area contributed by atoms with Gasteiger partial charge in [0.1, 0.15) is 6.33 Å². The summed E-state index contributed by atoms with van der Waals surface area (Å²) in [4.78, 5) is 3.45. The highest BCUT2D eigenvalue weighted by molar-refractivity contribution is 6.33. The lowest BCUT2D eigenvalue weighted by Gasteiger charge is -1.94. The van der Waals surface area contributed by atoms with Gasteiger partial charge in [0, 0.05) is 0 Å². The Labute approximate surface area is 50.7 Å². The molecule has 0 bridgehead atoms. The topological polar surface area (TPSA) is 91.3 Å². The molecule has 0 aromatic carbocycles. The van der Waals surface area contributed by atoms with Crippen molar-refractivity contribution in [3.05, 3.63) is 6.33 Å². The zero-order chi connectivity index (χ0) is 6.69. The van der Waals surface area contributed by atoms with Gasteiger partial charge in [0.25, 0.3) is 0 Å². The lowest BCUT2D eigenvalue weighted by Crippen LogP contribution is -2.21. The van der Waals surface area contributed by atoms with E-state index in [1.165, 1.54) is 6.33 Å². The molecule has 1 aromatic rings. The molecule has 0 radical (unpaired) electrons. The van der Waals surface area contributed by atoms with E-state index in [-0.39, 0.29) is 6.01 Å². The first-order chi connectivity index (χ1) is 4.29. The number of nitrogens with one attached hydrogen (secondary N) is 1. The first kappa shape index (κ1) is 6.05. The van der Waals surface area contributed by atoms with Crippen LogP contribution in [0.2, 0.25) is 0 Å². The third-order valence-corrected chi connectivity index (χ3v) is 0.604. The Morgan fingerprint density at radius 2 is 2.44 bits per heavy atom. The quantitative estimate of drug-likeness (QED) is 0.407. The largest absolute Gasteiger partial charge is 0.709 e. The van der Waals surface area contributed by atoms with Crippen molar-refractivity contribution in [3.8, 4) is 6.01 Å². The summed E-state index contributed by atoms with van der Waals surface area (Å²) in [6, 6.07) is -0.0926. The average molecular weight is 129 g/mol. The maximum Gasteiger partial charge on any atom is 0.709 e. The van der Waals surface area contributed by atoms with Crippen LogP contribution >= 0.6 is 0 Å². The zero-order valence-corrected chi connectivity index (χ0v) is 4.35. The molecule has 0 aliphatic rings. The van der Waals surface area contributed by atoms with Crippen LogP contribution in [-0.2, 0) is 0 Å². The van der Waals surface area contributed by atoms with Crippen molar-refractivity contribution >= 4 is 7.32 Å². The molecule has 0 amide bonds. The number of aromatic nitrogens is 3. The Balaban J connectivity index is 2.48. The number of nitrogens with zero attached hydrogens (tertiary/aromatic N) is 2. The highest BCUT2D eigenvalue weighted by Gasteiger charge is 2.12. The third kappa shape index (κ3) is 1.71. The second kappa shape index (κ2) is 2.47. The Morgan fingerprint density at radius 1 is 1.67 bits per heavy atom. The van der Waals surface area contributed by atoms with E-state index in [0.717, 1.165) is 0 Å². The van der Waals surface area contributed by atoms with Gasteiger partial charge in [-0.3, -0.25) is 5.10 Å². The summed E-state index contributed by atoms with van der Waals surface area (Å²) in [5.41, 5.74) is 0. The Bertz CT molecular complexity index is 164. The van der Waals surface area contributed by atoms with Crippen molar-refractivity contribution in [2.75, 3.05) is 0 Å². The molecule has 48 valence electrons. The van der Waals surface area contributed by atoms with Crippen LogP contribution < -0.4 is 4.65 Å². The van der Waals surface area contributed by atoms with Gasteiger partial charge in [0.05, 0.1) is 0 Å². The number of H-pyrrole nitrogens is 1. The van der Waals surface area contributed by atoms with Crippen molar-refractivity contribution in [2.45, 2.75) is 0 Å². The van der Waals surface area contributed by atoms with Gasteiger partial charge in [-0.1, -0.05) is 0 Å². The van der Waals surface area contributed by atoms with E-state index in [1.807, 2.05) is 0 Å². The van der Waals surface area contributed by atoms with Crippen molar-refractivity contribution in [3.63, 3.8) is 0 Å². The Hall–Kier alpha value is -1.08. The van der Waals surface area contributed by atoms with Crippen LogP contribution in [0, 0.1) is 0 Å². The molecular formula is C2H4BN3O3. The lowest BCUT2D eigenvalue weighted by molar-refractivity contribution is 0.278. The molecule has 1 rings (SSSR count). The molecule has 0 fully saturated rings. The predicted octanol–water partition coefficient (Wildman–Crippen LogP) is -1.85. The average Bonchev–Trinajstić information content (AvgIpc) is 2.15. The van der Waals surface area contributed by atoms with Gasteiger partial charge in [-0.05, 0) is 0 Å². The van der Waals surface area contributed by atoms with Gasteiger partial charge in [0.2, 0.25) is 0 Å². The first-order valence-electron chi connectivity index (χ1n) is 2.17. The van der Waals surface area contributed by atoms with E-state index in [9.17, 15) is 0 Å². The summed E-state index contributed by atoms with van der Waals surface area (Å²) < 4.78 is 4.21. The van der Waals surface area contributed by atoms with E-state index < -0.39 is 7.32 Å². The molecule has 1 aromatic heterocycles. The fourth-order valence-electron chi connectivity index (χ4n) is 0.348. The maximum atomic E-state index is 8.16. The minimum atomic E-state index is -1.86. The minimum Gasteiger partial charge on any atom is -0.482 e. The standard InChI is InChI=1S/C2H4BN3O3/c7-3(8)9-2-4-1-5-6-2/h1,7-8H,(H,4,5,6). The Kier molecular flexibility index (Phi) is 1.66. The van der Waals surface area contributed by atoms with Gasteiger partial charge in [-0.25, -0.2) is 0 Å². The van der Waals surface area contributed by atoms with Crippen LogP contribution in [0.1, 0.15) is 0 Å². The van der Waals surface area contributed by atoms with E-state index >= 15 is 0 Å². The molecule has 0 aliphatic carbocycles. The van der Waals surface area contributed by atoms with Crippen LogP contribution in [0.5, 0.6) is 6.01 Å². The van der Waals surface area contributed by atoms with Gasteiger partial charge < -0.3 is 14.7 Å². The first-order valence-corrected chi connectivity index (χ1v) is 2.17. The molecule has 7 heteroatoms. The highest BCUT2D eigenvalue weighted by atomic mass is 16.6. The molecule has 1 heterocycles. The number of hydrogen-bond donors (Lipinski definition) is 3. The number of aromatic amines is 1. The van der Waals surface area contributed by atoms with Gasteiger partial charge in [0.15, 0.2) is 0 Å². The number of rotatable bonds is 2. The van der Waals surface area contributed by atoms with E-state index in [1.54, 1.807) is 0 Å². The zero-order valence-electron chi connectivity index (χ0n) is 4.35.